The van der Waals surface area contributed by atoms with Gasteiger partial charge >= 0.3 is 0 Å². The fourth-order valence-corrected chi connectivity index (χ4v) is 2.49. The van der Waals surface area contributed by atoms with Crippen molar-refractivity contribution in [2.45, 2.75) is 58.4 Å². The molecule has 23 heavy (non-hydrogen) atoms. The molecule has 0 bridgehead atoms. The molecular formula is C18H32ClNO3. The van der Waals surface area contributed by atoms with Crippen LogP contribution in [-0.2, 0) is 6.54 Å². The average molecular weight is 346 g/mol. The molecule has 134 valence electrons. The van der Waals surface area contributed by atoms with Crippen molar-refractivity contribution in [1.29, 1.82) is 0 Å². The summed E-state index contributed by atoms with van der Waals surface area (Å²) in [6.45, 7) is 4.01. The third kappa shape index (κ3) is 8.33. The summed E-state index contributed by atoms with van der Waals surface area (Å²) in [7, 11) is 3.09. The Morgan fingerprint density at radius 3 is 1.96 bits per heavy atom. The van der Waals surface area contributed by atoms with Crippen LogP contribution in [0, 0.1) is 0 Å². The van der Waals surface area contributed by atoms with E-state index in [1.54, 1.807) is 14.2 Å². The van der Waals surface area contributed by atoms with Gasteiger partial charge in [-0.05, 0) is 30.7 Å². The Hall–Kier alpha value is -1.13. The zero-order valence-corrected chi connectivity index (χ0v) is 15.5. The molecule has 0 unspecified atom stereocenters. The van der Waals surface area contributed by atoms with Crippen molar-refractivity contribution in [2.24, 2.45) is 0 Å². The summed E-state index contributed by atoms with van der Waals surface area (Å²) in [6, 6.07) is 3.69. The number of nitrogens with one attached hydrogen (secondary N) is 1. The average Bonchev–Trinajstić information content (AvgIpc) is 2.54. The fraction of sp³-hybridized carbons (Fsp3) is 0.667. The largest absolute Gasteiger partial charge is 0.502 e. The molecule has 1 rings (SSSR count). The van der Waals surface area contributed by atoms with Gasteiger partial charge in [0.25, 0.3) is 0 Å². The molecule has 0 aliphatic heterocycles. The molecule has 0 aliphatic carbocycles. The molecule has 0 spiro atoms. The molecular weight excluding hydrogens is 314 g/mol. The molecule has 0 saturated carbocycles. The Kier molecular flexibility index (Phi) is 12.7. The topological polar surface area (TPSA) is 50.7 Å². The molecule has 0 saturated heterocycles. The first kappa shape index (κ1) is 21.9. The Morgan fingerprint density at radius 2 is 1.43 bits per heavy atom. The highest BCUT2D eigenvalue weighted by Crippen LogP contribution is 2.36. The summed E-state index contributed by atoms with van der Waals surface area (Å²) in [4.78, 5) is 0. The van der Waals surface area contributed by atoms with E-state index in [2.05, 4.69) is 12.2 Å². The quantitative estimate of drug-likeness (QED) is 0.540. The molecule has 0 amide bonds. The highest BCUT2D eigenvalue weighted by Gasteiger charge is 2.10. The van der Waals surface area contributed by atoms with Gasteiger partial charge in [-0.1, -0.05) is 45.4 Å². The molecule has 4 nitrogen and oxygen atoms in total. The molecule has 0 fully saturated rings. The zero-order chi connectivity index (χ0) is 16.2. The number of phenols is 1. The van der Waals surface area contributed by atoms with E-state index in [1.807, 2.05) is 12.1 Å². The smallest absolute Gasteiger partial charge is 0.200 e. The fourth-order valence-electron chi connectivity index (χ4n) is 2.49. The number of halogens is 1. The van der Waals surface area contributed by atoms with Crippen LogP contribution in [-0.4, -0.2) is 25.9 Å². The SMILES string of the molecule is CCCCCCCCCNCc1cc(OC)c(O)c(OC)c1.Cl. The number of rotatable bonds is 12. The van der Waals surface area contributed by atoms with Crippen LogP contribution < -0.4 is 14.8 Å². The molecule has 0 heterocycles. The maximum Gasteiger partial charge on any atom is 0.200 e. The number of hydrogen-bond acceptors (Lipinski definition) is 4. The number of unbranched alkanes of at least 4 members (excludes halogenated alkanes) is 6. The van der Waals surface area contributed by atoms with E-state index >= 15 is 0 Å². The third-order valence-electron chi connectivity index (χ3n) is 3.83. The lowest BCUT2D eigenvalue weighted by Crippen LogP contribution is -2.14. The van der Waals surface area contributed by atoms with Gasteiger partial charge in [0, 0.05) is 6.54 Å². The van der Waals surface area contributed by atoms with Crippen molar-refractivity contribution in [2.75, 3.05) is 20.8 Å². The zero-order valence-electron chi connectivity index (χ0n) is 14.7. The van der Waals surface area contributed by atoms with E-state index in [9.17, 15) is 5.11 Å². The van der Waals surface area contributed by atoms with E-state index in [-0.39, 0.29) is 18.2 Å². The van der Waals surface area contributed by atoms with Crippen LogP contribution in [0.1, 0.15) is 57.4 Å². The number of aromatic hydroxyl groups is 1. The van der Waals surface area contributed by atoms with Gasteiger partial charge in [0.15, 0.2) is 11.5 Å². The number of ether oxygens (including phenoxy) is 2. The minimum absolute atomic E-state index is 0. The van der Waals surface area contributed by atoms with Crippen molar-refractivity contribution in [1.82, 2.24) is 5.32 Å². The maximum absolute atomic E-state index is 9.87. The van der Waals surface area contributed by atoms with Crippen LogP contribution in [0.5, 0.6) is 17.2 Å². The minimum atomic E-state index is 0. The molecule has 0 radical (unpaired) electrons. The van der Waals surface area contributed by atoms with Crippen LogP contribution in [0.15, 0.2) is 12.1 Å². The van der Waals surface area contributed by atoms with Gasteiger partial charge in [-0.15, -0.1) is 12.4 Å². The van der Waals surface area contributed by atoms with Gasteiger partial charge < -0.3 is 19.9 Å². The van der Waals surface area contributed by atoms with Gasteiger partial charge in [-0.25, -0.2) is 0 Å². The van der Waals surface area contributed by atoms with Crippen LogP contribution in [0.25, 0.3) is 0 Å². The van der Waals surface area contributed by atoms with Gasteiger partial charge in [0.05, 0.1) is 14.2 Å². The Bertz CT molecular complexity index is 402. The second-order valence-corrected chi connectivity index (χ2v) is 5.65. The van der Waals surface area contributed by atoms with Crippen molar-refractivity contribution in [3.05, 3.63) is 17.7 Å². The predicted octanol–water partition coefficient (Wildman–Crippen LogP) is 4.67. The van der Waals surface area contributed by atoms with E-state index in [0.29, 0.717) is 11.5 Å². The number of phenolic OH excluding ortho intramolecular Hbond substituents is 1. The molecule has 0 aliphatic rings. The highest BCUT2D eigenvalue weighted by atomic mass is 35.5. The van der Waals surface area contributed by atoms with E-state index in [0.717, 1.165) is 18.7 Å². The molecule has 0 atom stereocenters. The molecule has 0 aromatic heterocycles. The maximum atomic E-state index is 9.87. The summed E-state index contributed by atoms with van der Waals surface area (Å²) < 4.78 is 10.3. The van der Waals surface area contributed by atoms with Gasteiger partial charge in [0.1, 0.15) is 0 Å². The van der Waals surface area contributed by atoms with Crippen molar-refractivity contribution in [3.63, 3.8) is 0 Å². The van der Waals surface area contributed by atoms with Gasteiger partial charge in [-0.2, -0.15) is 0 Å². The number of hydrogen-bond donors (Lipinski definition) is 2. The Labute approximate surface area is 147 Å². The van der Waals surface area contributed by atoms with Crippen molar-refractivity contribution < 1.29 is 14.6 Å². The lowest BCUT2D eigenvalue weighted by molar-refractivity contribution is 0.339. The first-order valence-electron chi connectivity index (χ1n) is 8.37. The van der Waals surface area contributed by atoms with Gasteiger partial charge in [-0.3, -0.25) is 0 Å². The van der Waals surface area contributed by atoms with E-state index in [1.165, 1.54) is 44.9 Å². The first-order valence-corrected chi connectivity index (χ1v) is 8.37. The Morgan fingerprint density at radius 1 is 0.913 bits per heavy atom. The molecule has 1 aromatic rings. The van der Waals surface area contributed by atoms with E-state index < -0.39 is 0 Å². The van der Waals surface area contributed by atoms with Crippen molar-refractivity contribution in [3.8, 4) is 17.2 Å². The first-order chi connectivity index (χ1) is 10.7. The second-order valence-electron chi connectivity index (χ2n) is 5.65. The number of benzene rings is 1. The second kappa shape index (κ2) is 13.3. The molecule has 5 heteroatoms. The van der Waals surface area contributed by atoms with Crippen LogP contribution in [0.4, 0.5) is 0 Å². The summed E-state index contributed by atoms with van der Waals surface area (Å²) in [5, 5.41) is 13.3. The van der Waals surface area contributed by atoms with Crippen LogP contribution in [0.3, 0.4) is 0 Å². The molecule has 2 N–H and O–H groups in total. The van der Waals surface area contributed by atoms with Crippen LogP contribution in [0.2, 0.25) is 0 Å². The molecule has 1 aromatic carbocycles. The number of methoxy groups -OCH3 is 2. The van der Waals surface area contributed by atoms with E-state index in [4.69, 9.17) is 9.47 Å². The summed E-state index contributed by atoms with van der Waals surface area (Å²) >= 11 is 0. The summed E-state index contributed by atoms with van der Waals surface area (Å²) in [6.07, 6.45) is 9.24. The third-order valence-corrected chi connectivity index (χ3v) is 3.83. The highest BCUT2D eigenvalue weighted by molar-refractivity contribution is 5.85. The normalized spacial score (nSPS) is 10.2. The standard InChI is InChI=1S/C18H31NO3.ClH/c1-4-5-6-7-8-9-10-11-19-14-15-12-16(21-2)18(20)17(13-15)22-3;/h12-13,19-20H,4-11,14H2,1-3H3;1H. The van der Waals surface area contributed by atoms with Crippen LogP contribution >= 0.6 is 12.4 Å². The lowest BCUT2D eigenvalue weighted by Gasteiger charge is -2.12. The predicted molar refractivity (Wildman–Crippen MR) is 98.2 cm³/mol. The summed E-state index contributed by atoms with van der Waals surface area (Å²) in [5.41, 5.74) is 1.05. The Balaban J connectivity index is 0.00000484. The summed E-state index contributed by atoms with van der Waals surface area (Å²) in [5.74, 6) is 0.958. The van der Waals surface area contributed by atoms with Gasteiger partial charge in [0.2, 0.25) is 5.75 Å². The van der Waals surface area contributed by atoms with Crippen molar-refractivity contribution >= 4 is 12.4 Å². The monoisotopic (exact) mass is 345 g/mol. The minimum Gasteiger partial charge on any atom is -0.502 e. The lowest BCUT2D eigenvalue weighted by atomic mass is 10.1.